The minimum Gasteiger partial charge on any atom is -0.444 e. The average Bonchev–Trinajstić information content (AvgIpc) is 2.18. The topological polar surface area (TPSA) is 70.6 Å². The first-order valence-corrected chi connectivity index (χ1v) is 6.61. The van der Waals surface area contributed by atoms with Crippen LogP contribution < -0.4 is 10.6 Å². The summed E-state index contributed by atoms with van der Waals surface area (Å²) in [4.78, 5) is 11.5. The number of rotatable bonds is 5. The zero-order valence-electron chi connectivity index (χ0n) is 11.8. The molecular weight excluding hydrogens is 232 g/mol. The number of amides is 1. The second-order valence-corrected chi connectivity index (χ2v) is 6.08. The van der Waals surface area contributed by atoms with Gasteiger partial charge in [-0.1, -0.05) is 0 Å². The lowest BCUT2D eigenvalue weighted by atomic mass is 9.76. The van der Waals surface area contributed by atoms with Crippen LogP contribution in [0.25, 0.3) is 0 Å². The van der Waals surface area contributed by atoms with Gasteiger partial charge in [-0.15, -0.1) is 0 Å². The highest BCUT2D eigenvalue weighted by atomic mass is 16.6. The van der Waals surface area contributed by atoms with Crippen LogP contribution in [0, 0.1) is 5.92 Å². The van der Waals surface area contributed by atoms with E-state index in [1.165, 1.54) is 0 Å². The summed E-state index contributed by atoms with van der Waals surface area (Å²) < 4.78 is 5.20. The Bertz CT molecular complexity index is 266. The molecule has 0 aromatic heterocycles. The Hall–Kier alpha value is -0.810. The first kappa shape index (κ1) is 15.2. The molecule has 1 amide bonds. The highest BCUT2D eigenvalue weighted by molar-refractivity contribution is 5.68. The Kier molecular flexibility index (Phi) is 5.41. The fraction of sp³-hybridized carbons (Fsp3) is 0.923. The normalized spacial score (nSPS) is 25.2. The summed E-state index contributed by atoms with van der Waals surface area (Å²) in [6, 6.07) is 0.388. The minimum absolute atomic E-state index is 0.164. The Morgan fingerprint density at radius 2 is 2.06 bits per heavy atom. The Labute approximate surface area is 109 Å². The molecule has 0 heterocycles. The van der Waals surface area contributed by atoms with Crippen molar-refractivity contribution in [1.29, 1.82) is 0 Å². The molecule has 0 radical (unpaired) electrons. The van der Waals surface area contributed by atoms with E-state index >= 15 is 0 Å². The van der Waals surface area contributed by atoms with Gasteiger partial charge in [-0.2, -0.15) is 0 Å². The van der Waals surface area contributed by atoms with Gasteiger partial charge < -0.3 is 20.5 Å². The van der Waals surface area contributed by atoms with E-state index in [0.717, 1.165) is 19.3 Å². The zero-order chi connectivity index (χ0) is 13.8. The maximum atomic E-state index is 11.5. The number of hydrogen-bond donors (Lipinski definition) is 3. The van der Waals surface area contributed by atoms with Crippen molar-refractivity contribution in [2.24, 2.45) is 5.92 Å². The third kappa shape index (κ3) is 5.23. The Morgan fingerprint density at radius 1 is 1.44 bits per heavy atom. The van der Waals surface area contributed by atoms with Crippen molar-refractivity contribution in [2.75, 3.05) is 13.7 Å². The average molecular weight is 258 g/mol. The molecule has 1 aliphatic rings. The van der Waals surface area contributed by atoms with Gasteiger partial charge in [0.2, 0.25) is 0 Å². The Balaban J connectivity index is 2.17. The molecule has 0 saturated heterocycles. The van der Waals surface area contributed by atoms with E-state index in [2.05, 4.69) is 10.6 Å². The summed E-state index contributed by atoms with van der Waals surface area (Å²) in [5, 5.41) is 15.0. The van der Waals surface area contributed by atoms with E-state index in [9.17, 15) is 4.79 Å². The Morgan fingerprint density at radius 3 is 2.50 bits per heavy atom. The van der Waals surface area contributed by atoms with Crippen molar-refractivity contribution >= 4 is 6.09 Å². The van der Waals surface area contributed by atoms with Crippen LogP contribution in [0.3, 0.4) is 0 Å². The van der Waals surface area contributed by atoms with Gasteiger partial charge in [-0.05, 0) is 53.0 Å². The fourth-order valence-corrected chi connectivity index (χ4v) is 2.21. The predicted octanol–water partition coefficient (Wildman–Crippen LogP) is 1.26. The van der Waals surface area contributed by atoms with Crippen LogP contribution in [-0.2, 0) is 4.74 Å². The molecule has 5 nitrogen and oxygen atoms in total. The molecule has 1 fully saturated rings. The van der Waals surface area contributed by atoms with Crippen LogP contribution in [-0.4, -0.2) is 42.5 Å². The van der Waals surface area contributed by atoms with E-state index in [1.807, 2.05) is 27.8 Å². The number of alkyl carbamates (subject to hydrolysis) is 1. The van der Waals surface area contributed by atoms with E-state index in [0.29, 0.717) is 5.92 Å². The monoisotopic (exact) mass is 258 g/mol. The zero-order valence-corrected chi connectivity index (χ0v) is 11.8. The lowest BCUT2D eigenvalue weighted by Crippen LogP contribution is -2.47. The maximum Gasteiger partial charge on any atom is 0.407 e. The van der Waals surface area contributed by atoms with Gasteiger partial charge >= 0.3 is 6.09 Å². The second-order valence-electron chi connectivity index (χ2n) is 6.08. The summed E-state index contributed by atoms with van der Waals surface area (Å²) >= 11 is 0. The molecule has 3 N–H and O–H groups in total. The number of hydrogen-bond acceptors (Lipinski definition) is 4. The molecule has 0 aromatic carbocycles. The minimum atomic E-state index is -0.443. The molecule has 1 aliphatic carbocycles. The van der Waals surface area contributed by atoms with Gasteiger partial charge in [0.05, 0.1) is 6.61 Å². The van der Waals surface area contributed by atoms with Crippen molar-refractivity contribution in [1.82, 2.24) is 10.6 Å². The van der Waals surface area contributed by atoms with Crippen LogP contribution in [0.15, 0.2) is 0 Å². The summed E-state index contributed by atoms with van der Waals surface area (Å²) in [6.45, 7) is 5.73. The molecular formula is C13H26N2O3. The van der Waals surface area contributed by atoms with Crippen LogP contribution >= 0.6 is 0 Å². The molecule has 106 valence electrons. The predicted molar refractivity (Wildman–Crippen MR) is 70.4 cm³/mol. The van der Waals surface area contributed by atoms with Crippen LogP contribution in [0.2, 0.25) is 0 Å². The van der Waals surface area contributed by atoms with Gasteiger partial charge in [-0.25, -0.2) is 4.79 Å². The lowest BCUT2D eigenvalue weighted by molar-refractivity contribution is 0.0442. The van der Waals surface area contributed by atoms with Crippen molar-refractivity contribution in [3.8, 4) is 0 Å². The number of nitrogens with one attached hydrogen (secondary N) is 2. The smallest absolute Gasteiger partial charge is 0.407 e. The standard InChI is InChI=1S/C13H26N2O3/c1-13(2,3)18-12(17)15-10-5-9(6-10)7-11(8-16)14-4/h9-11,14,16H,5-8H2,1-4H3,(H,15,17). The summed E-state index contributed by atoms with van der Waals surface area (Å²) in [5.41, 5.74) is -0.443. The molecule has 0 aliphatic heterocycles. The van der Waals surface area contributed by atoms with Crippen LogP contribution in [0.5, 0.6) is 0 Å². The van der Waals surface area contributed by atoms with Crippen molar-refractivity contribution in [2.45, 2.75) is 57.7 Å². The van der Waals surface area contributed by atoms with Crippen molar-refractivity contribution in [3.63, 3.8) is 0 Å². The van der Waals surface area contributed by atoms with Crippen molar-refractivity contribution in [3.05, 3.63) is 0 Å². The molecule has 0 bridgehead atoms. The number of carbonyl (C=O) groups is 1. The van der Waals surface area contributed by atoms with Gasteiger partial charge in [0.15, 0.2) is 0 Å². The fourth-order valence-electron chi connectivity index (χ4n) is 2.21. The van der Waals surface area contributed by atoms with E-state index in [4.69, 9.17) is 9.84 Å². The summed E-state index contributed by atoms with van der Waals surface area (Å²) in [5.74, 6) is 0.578. The van der Waals surface area contributed by atoms with Crippen LogP contribution in [0.1, 0.15) is 40.0 Å². The highest BCUT2D eigenvalue weighted by Gasteiger charge is 2.32. The number of likely N-dealkylation sites (N-methyl/N-ethyl adjacent to an activating group) is 1. The highest BCUT2D eigenvalue weighted by Crippen LogP contribution is 2.31. The third-order valence-corrected chi connectivity index (χ3v) is 3.20. The first-order chi connectivity index (χ1) is 8.34. The lowest BCUT2D eigenvalue weighted by Gasteiger charge is -2.37. The molecule has 1 atom stereocenters. The quantitative estimate of drug-likeness (QED) is 0.694. The van der Waals surface area contributed by atoms with E-state index in [1.54, 1.807) is 0 Å². The molecule has 1 rings (SSSR count). The number of aliphatic hydroxyl groups is 1. The van der Waals surface area contributed by atoms with Gasteiger partial charge in [-0.3, -0.25) is 0 Å². The summed E-state index contributed by atoms with van der Waals surface area (Å²) in [7, 11) is 1.86. The van der Waals surface area contributed by atoms with Crippen LogP contribution in [0.4, 0.5) is 4.79 Å². The SMILES string of the molecule is CNC(CO)CC1CC(NC(=O)OC(C)(C)C)C1. The van der Waals surface area contributed by atoms with Gasteiger partial charge in [0, 0.05) is 12.1 Å². The molecule has 1 unspecified atom stereocenters. The second kappa shape index (κ2) is 6.38. The first-order valence-electron chi connectivity index (χ1n) is 6.61. The van der Waals surface area contributed by atoms with E-state index in [-0.39, 0.29) is 24.8 Å². The molecule has 5 heteroatoms. The molecule has 18 heavy (non-hydrogen) atoms. The summed E-state index contributed by atoms with van der Waals surface area (Å²) in [6.07, 6.45) is 2.56. The maximum absolute atomic E-state index is 11.5. The van der Waals surface area contributed by atoms with Gasteiger partial charge in [0.1, 0.15) is 5.60 Å². The van der Waals surface area contributed by atoms with Gasteiger partial charge in [0.25, 0.3) is 0 Å². The molecule has 0 spiro atoms. The molecule has 0 aromatic rings. The number of carbonyl (C=O) groups excluding carboxylic acids is 1. The van der Waals surface area contributed by atoms with E-state index < -0.39 is 5.60 Å². The molecule has 1 saturated carbocycles. The van der Waals surface area contributed by atoms with Crippen molar-refractivity contribution < 1.29 is 14.6 Å². The largest absolute Gasteiger partial charge is 0.444 e. The third-order valence-electron chi connectivity index (χ3n) is 3.20. The number of aliphatic hydroxyl groups excluding tert-OH is 1. The number of ether oxygens (including phenoxy) is 1.